The molecule has 0 saturated heterocycles. The van der Waals surface area contributed by atoms with Crippen LogP contribution >= 0.6 is 15.9 Å². The van der Waals surface area contributed by atoms with Crippen molar-refractivity contribution in [2.75, 3.05) is 6.61 Å². The fourth-order valence-electron chi connectivity index (χ4n) is 3.83. The van der Waals surface area contributed by atoms with Crippen molar-refractivity contribution in [1.82, 2.24) is 14.9 Å². The number of ether oxygens (including phenoxy) is 1. The molecule has 0 fully saturated rings. The van der Waals surface area contributed by atoms with E-state index in [9.17, 15) is 4.79 Å². The van der Waals surface area contributed by atoms with Crippen LogP contribution in [0.15, 0.2) is 82.1 Å². The molecule has 0 spiro atoms. The van der Waals surface area contributed by atoms with Crippen molar-refractivity contribution in [3.8, 4) is 11.4 Å². The molecular formula is C26H26BrN3O2. The molecule has 4 aromatic rings. The summed E-state index contributed by atoms with van der Waals surface area (Å²) < 4.78 is 8.31. The third kappa shape index (κ3) is 4.76. The predicted octanol–water partition coefficient (Wildman–Crippen LogP) is 5.79. The molecule has 0 radical (unpaired) electrons. The van der Waals surface area contributed by atoms with E-state index < -0.39 is 0 Å². The summed E-state index contributed by atoms with van der Waals surface area (Å²) >= 11 is 3.50. The molecule has 0 bridgehead atoms. The van der Waals surface area contributed by atoms with Crippen LogP contribution in [0.2, 0.25) is 0 Å². The van der Waals surface area contributed by atoms with E-state index in [-0.39, 0.29) is 11.6 Å². The second kappa shape index (κ2) is 10.1. The number of aromatic nitrogens is 2. The lowest BCUT2D eigenvalue weighted by Gasteiger charge is -2.20. The normalized spacial score (nSPS) is 12.1. The van der Waals surface area contributed by atoms with Crippen LogP contribution in [0.1, 0.15) is 37.7 Å². The van der Waals surface area contributed by atoms with Gasteiger partial charge in [-0.05, 0) is 67.4 Å². The van der Waals surface area contributed by atoms with Gasteiger partial charge in [0.25, 0.3) is 5.56 Å². The maximum Gasteiger partial charge on any atom is 0.266 e. The highest BCUT2D eigenvalue weighted by atomic mass is 79.9. The Bertz CT molecular complexity index is 1250. The second-order valence-electron chi connectivity index (χ2n) is 7.51. The first kappa shape index (κ1) is 22.2. The number of benzene rings is 3. The van der Waals surface area contributed by atoms with Crippen LogP contribution in [0.25, 0.3) is 16.6 Å². The Kier molecular flexibility index (Phi) is 7.02. The van der Waals surface area contributed by atoms with Crippen molar-refractivity contribution in [1.29, 1.82) is 0 Å². The highest BCUT2D eigenvalue weighted by Gasteiger charge is 2.15. The number of rotatable bonds is 8. The Morgan fingerprint density at radius 3 is 2.41 bits per heavy atom. The number of fused-ring (bicyclic) bond motifs is 1. The molecule has 1 aromatic heterocycles. The molecule has 3 aromatic carbocycles. The molecule has 1 N–H and O–H groups in total. The summed E-state index contributed by atoms with van der Waals surface area (Å²) in [5.41, 5.74) is 2.60. The quantitative estimate of drug-likeness (QED) is 0.339. The van der Waals surface area contributed by atoms with E-state index in [2.05, 4.69) is 40.3 Å². The van der Waals surface area contributed by atoms with Crippen molar-refractivity contribution >= 4 is 26.8 Å². The smallest absolute Gasteiger partial charge is 0.266 e. The van der Waals surface area contributed by atoms with Gasteiger partial charge in [0.2, 0.25) is 0 Å². The minimum absolute atomic E-state index is 0.0757. The zero-order chi connectivity index (χ0) is 22.5. The predicted molar refractivity (Wildman–Crippen MR) is 133 cm³/mol. The molecule has 0 aliphatic rings. The summed E-state index contributed by atoms with van der Waals surface area (Å²) in [5, 5.41) is 4.19. The molecule has 0 aliphatic heterocycles. The number of hydrogen-bond donors (Lipinski definition) is 1. The molecule has 4 rings (SSSR count). The number of halogens is 1. The van der Waals surface area contributed by atoms with Gasteiger partial charge in [0.1, 0.15) is 11.6 Å². The second-order valence-corrected chi connectivity index (χ2v) is 8.42. The summed E-state index contributed by atoms with van der Waals surface area (Å²) in [6.45, 7) is 5.15. The zero-order valence-corrected chi connectivity index (χ0v) is 19.8. The van der Waals surface area contributed by atoms with Gasteiger partial charge in [-0.25, -0.2) is 4.98 Å². The molecule has 164 valence electrons. The third-order valence-corrected chi connectivity index (χ3v) is 5.97. The van der Waals surface area contributed by atoms with Gasteiger partial charge in [-0.15, -0.1) is 0 Å². The molecule has 0 unspecified atom stereocenters. The molecule has 1 atom stereocenters. The van der Waals surface area contributed by atoms with Gasteiger partial charge in [0.05, 0.1) is 29.7 Å². The van der Waals surface area contributed by atoms with Crippen LogP contribution in [0.3, 0.4) is 0 Å². The minimum Gasteiger partial charge on any atom is -0.494 e. The zero-order valence-electron chi connectivity index (χ0n) is 18.2. The van der Waals surface area contributed by atoms with E-state index in [0.717, 1.165) is 22.3 Å². The first-order valence-electron chi connectivity index (χ1n) is 10.8. The lowest BCUT2D eigenvalue weighted by molar-refractivity contribution is 0.340. The van der Waals surface area contributed by atoms with Crippen LogP contribution in [-0.4, -0.2) is 16.2 Å². The van der Waals surface area contributed by atoms with Gasteiger partial charge in [-0.3, -0.25) is 9.36 Å². The average Bonchev–Trinajstić information content (AvgIpc) is 2.82. The van der Waals surface area contributed by atoms with Gasteiger partial charge in [0.15, 0.2) is 0 Å². The molecule has 32 heavy (non-hydrogen) atoms. The van der Waals surface area contributed by atoms with Gasteiger partial charge >= 0.3 is 0 Å². The van der Waals surface area contributed by atoms with Gasteiger partial charge in [0, 0.05) is 10.5 Å². The largest absolute Gasteiger partial charge is 0.494 e. The summed E-state index contributed by atoms with van der Waals surface area (Å²) in [4.78, 5) is 18.3. The van der Waals surface area contributed by atoms with Gasteiger partial charge in [-0.1, -0.05) is 47.1 Å². The highest BCUT2D eigenvalue weighted by molar-refractivity contribution is 9.10. The van der Waals surface area contributed by atoms with Crippen LogP contribution < -0.4 is 15.6 Å². The molecule has 6 heteroatoms. The Labute approximate surface area is 196 Å². The van der Waals surface area contributed by atoms with Crippen molar-refractivity contribution in [3.63, 3.8) is 0 Å². The van der Waals surface area contributed by atoms with Gasteiger partial charge in [-0.2, -0.15) is 0 Å². The SMILES string of the molecule is CCOc1ccc(-n2c(CN[C@H](CC)c3ccc(Br)cc3)nc3ccccc3c2=O)cc1. The number of nitrogens with one attached hydrogen (secondary N) is 1. The Morgan fingerprint density at radius 1 is 1.00 bits per heavy atom. The lowest BCUT2D eigenvalue weighted by Crippen LogP contribution is -2.29. The third-order valence-electron chi connectivity index (χ3n) is 5.44. The molecular weight excluding hydrogens is 466 g/mol. The van der Waals surface area contributed by atoms with Crippen LogP contribution in [0.5, 0.6) is 5.75 Å². The molecule has 0 amide bonds. The van der Waals surface area contributed by atoms with Crippen molar-refractivity contribution in [3.05, 3.63) is 99.0 Å². The summed E-state index contributed by atoms with van der Waals surface area (Å²) in [7, 11) is 0. The Balaban J connectivity index is 1.73. The number of para-hydroxylation sites is 1. The van der Waals surface area contributed by atoms with Crippen molar-refractivity contribution in [2.24, 2.45) is 0 Å². The molecule has 0 aliphatic carbocycles. The van der Waals surface area contributed by atoms with E-state index in [0.29, 0.717) is 29.9 Å². The number of hydrogen-bond acceptors (Lipinski definition) is 4. The van der Waals surface area contributed by atoms with Gasteiger partial charge < -0.3 is 10.1 Å². The van der Waals surface area contributed by atoms with E-state index in [1.807, 2.05) is 67.6 Å². The maximum atomic E-state index is 13.4. The van der Waals surface area contributed by atoms with Crippen molar-refractivity contribution in [2.45, 2.75) is 32.9 Å². The number of nitrogens with zero attached hydrogens (tertiary/aromatic N) is 2. The topological polar surface area (TPSA) is 56.1 Å². The summed E-state index contributed by atoms with van der Waals surface area (Å²) in [6, 6.07) is 23.5. The lowest BCUT2D eigenvalue weighted by atomic mass is 10.0. The minimum atomic E-state index is -0.0757. The monoisotopic (exact) mass is 491 g/mol. The summed E-state index contributed by atoms with van der Waals surface area (Å²) in [5.74, 6) is 1.45. The maximum absolute atomic E-state index is 13.4. The Hall–Kier alpha value is -2.96. The van der Waals surface area contributed by atoms with E-state index in [4.69, 9.17) is 9.72 Å². The van der Waals surface area contributed by atoms with E-state index >= 15 is 0 Å². The van der Waals surface area contributed by atoms with Crippen LogP contribution in [-0.2, 0) is 6.54 Å². The van der Waals surface area contributed by atoms with Crippen molar-refractivity contribution < 1.29 is 4.74 Å². The van der Waals surface area contributed by atoms with E-state index in [1.54, 1.807) is 4.57 Å². The summed E-state index contributed by atoms with van der Waals surface area (Å²) in [6.07, 6.45) is 0.919. The van der Waals surface area contributed by atoms with E-state index in [1.165, 1.54) is 5.56 Å². The van der Waals surface area contributed by atoms with Crippen LogP contribution in [0.4, 0.5) is 0 Å². The average molecular weight is 492 g/mol. The Morgan fingerprint density at radius 2 is 1.72 bits per heavy atom. The first-order valence-corrected chi connectivity index (χ1v) is 11.6. The fourth-order valence-corrected chi connectivity index (χ4v) is 4.09. The fraction of sp³-hybridized carbons (Fsp3) is 0.231. The molecule has 1 heterocycles. The molecule has 5 nitrogen and oxygen atoms in total. The highest BCUT2D eigenvalue weighted by Crippen LogP contribution is 2.21. The standard InChI is InChI=1S/C26H26BrN3O2/c1-3-23(18-9-11-19(27)12-10-18)28-17-25-29-24-8-6-5-7-22(24)26(31)30(25)20-13-15-21(16-14-20)32-4-2/h5-16,23,28H,3-4,17H2,1-2H3/t23-/m1/s1. The first-order chi connectivity index (χ1) is 15.6. The van der Waals surface area contributed by atoms with Crippen LogP contribution in [0, 0.1) is 0 Å². The molecule has 0 saturated carbocycles.